The van der Waals surface area contributed by atoms with Crippen LogP contribution in [0, 0.1) is 0 Å². The van der Waals surface area contributed by atoms with Crippen LogP contribution in [0.4, 0.5) is 0 Å². The predicted octanol–water partition coefficient (Wildman–Crippen LogP) is 3.17. The number of nitrogens with zero attached hydrogens (tertiary/aromatic N) is 2. The molecule has 124 valence electrons. The van der Waals surface area contributed by atoms with Crippen LogP contribution in [0.2, 0.25) is 0 Å². The van der Waals surface area contributed by atoms with Crippen molar-refractivity contribution in [3.8, 4) is 22.8 Å². The summed E-state index contributed by atoms with van der Waals surface area (Å²) >= 11 is 0. The second-order valence-corrected chi connectivity index (χ2v) is 5.45. The van der Waals surface area contributed by atoms with Gasteiger partial charge in [0.25, 0.3) is 0 Å². The largest absolute Gasteiger partial charge is 0.493 e. The molecule has 3 aromatic rings. The zero-order valence-electron chi connectivity index (χ0n) is 13.8. The molecule has 0 bridgehead atoms. The predicted molar refractivity (Wildman–Crippen MR) is 91.9 cm³/mol. The van der Waals surface area contributed by atoms with Crippen molar-refractivity contribution < 1.29 is 14.6 Å². The molecule has 0 fully saturated rings. The first-order valence-electron chi connectivity index (χ1n) is 7.69. The lowest BCUT2D eigenvalue weighted by Gasteiger charge is -2.11. The van der Waals surface area contributed by atoms with E-state index in [1.807, 2.05) is 54.2 Å². The summed E-state index contributed by atoms with van der Waals surface area (Å²) in [5, 5.41) is 9.19. The van der Waals surface area contributed by atoms with Crippen molar-refractivity contribution in [2.24, 2.45) is 7.05 Å². The molecule has 0 aliphatic carbocycles. The highest BCUT2D eigenvalue weighted by Crippen LogP contribution is 2.29. The maximum absolute atomic E-state index is 9.19. The van der Waals surface area contributed by atoms with E-state index in [1.165, 1.54) is 0 Å². The average Bonchev–Trinajstić information content (AvgIpc) is 3.01. The first kappa shape index (κ1) is 16.1. The highest BCUT2D eigenvalue weighted by atomic mass is 16.5. The summed E-state index contributed by atoms with van der Waals surface area (Å²) in [5.41, 5.74) is 2.77. The smallest absolute Gasteiger partial charge is 0.161 e. The number of aliphatic hydroxyl groups excluding tert-OH is 1. The van der Waals surface area contributed by atoms with Crippen LogP contribution in [0.5, 0.6) is 11.5 Å². The summed E-state index contributed by atoms with van der Waals surface area (Å²) in [6.45, 7) is 0.300. The third kappa shape index (κ3) is 3.41. The van der Waals surface area contributed by atoms with Crippen LogP contribution in [0.1, 0.15) is 11.4 Å². The van der Waals surface area contributed by atoms with Gasteiger partial charge in [0.15, 0.2) is 11.5 Å². The summed E-state index contributed by atoms with van der Waals surface area (Å²) in [4.78, 5) is 4.64. The van der Waals surface area contributed by atoms with Gasteiger partial charge in [-0.2, -0.15) is 0 Å². The summed E-state index contributed by atoms with van der Waals surface area (Å²) < 4.78 is 13.1. The summed E-state index contributed by atoms with van der Waals surface area (Å²) in [5.74, 6) is 2.04. The number of methoxy groups -OCH3 is 1. The fraction of sp³-hybridized carbons (Fsp3) is 0.211. The lowest BCUT2D eigenvalue weighted by atomic mass is 10.2. The van der Waals surface area contributed by atoms with Gasteiger partial charge in [0, 0.05) is 18.8 Å². The van der Waals surface area contributed by atoms with E-state index in [1.54, 1.807) is 19.2 Å². The van der Waals surface area contributed by atoms with Gasteiger partial charge in [-0.25, -0.2) is 4.98 Å². The van der Waals surface area contributed by atoms with Crippen molar-refractivity contribution in [3.05, 3.63) is 66.1 Å². The summed E-state index contributed by atoms with van der Waals surface area (Å²) in [6, 6.07) is 15.4. The molecule has 2 aromatic carbocycles. The van der Waals surface area contributed by atoms with Gasteiger partial charge < -0.3 is 19.1 Å². The number of imidazole rings is 1. The minimum Gasteiger partial charge on any atom is -0.493 e. The molecule has 5 heteroatoms. The van der Waals surface area contributed by atoms with Crippen LogP contribution in [0.3, 0.4) is 0 Å². The van der Waals surface area contributed by atoms with Crippen LogP contribution < -0.4 is 9.47 Å². The monoisotopic (exact) mass is 324 g/mol. The molecule has 0 amide bonds. The Labute approximate surface area is 141 Å². The molecular weight excluding hydrogens is 304 g/mol. The van der Waals surface area contributed by atoms with E-state index in [0.717, 1.165) is 22.6 Å². The molecule has 0 saturated carbocycles. The van der Waals surface area contributed by atoms with E-state index in [9.17, 15) is 5.11 Å². The van der Waals surface area contributed by atoms with Gasteiger partial charge in [-0.1, -0.05) is 36.4 Å². The van der Waals surface area contributed by atoms with Gasteiger partial charge in [0.05, 0.1) is 19.4 Å². The van der Waals surface area contributed by atoms with E-state index in [-0.39, 0.29) is 6.61 Å². The maximum Gasteiger partial charge on any atom is 0.161 e. The number of hydrogen-bond acceptors (Lipinski definition) is 4. The molecule has 0 radical (unpaired) electrons. The molecule has 0 aliphatic heterocycles. The molecule has 1 aromatic heterocycles. The van der Waals surface area contributed by atoms with Crippen LogP contribution in [-0.4, -0.2) is 21.8 Å². The molecule has 0 spiro atoms. The van der Waals surface area contributed by atoms with E-state index in [2.05, 4.69) is 4.98 Å². The molecule has 5 nitrogen and oxygen atoms in total. The van der Waals surface area contributed by atoms with E-state index < -0.39 is 0 Å². The molecule has 24 heavy (non-hydrogen) atoms. The molecule has 0 unspecified atom stereocenters. The third-order valence-electron chi connectivity index (χ3n) is 3.81. The molecule has 3 rings (SSSR count). The maximum atomic E-state index is 9.19. The van der Waals surface area contributed by atoms with Crippen molar-refractivity contribution >= 4 is 0 Å². The van der Waals surface area contributed by atoms with E-state index in [0.29, 0.717) is 18.1 Å². The average molecular weight is 324 g/mol. The number of ether oxygens (including phenoxy) is 2. The fourth-order valence-electron chi connectivity index (χ4n) is 2.46. The zero-order valence-corrected chi connectivity index (χ0v) is 13.8. The Kier molecular flexibility index (Phi) is 4.82. The number of rotatable bonds is 6. The van der Waals surface area contributed by atoms with Crippen molar-refractivity contribution in [2.75, 3.05) is 7.11 Å². The highest BCUT2D eigenvalue weighted by molar-refractivity contribution is 5.58. The van der Waals surface area contributed by atoms with Crippen molar-refractivity contribution in [1.82, 2.24) is 9.55 Å². The lowest BCUT2D eigenvalue weighted by Crippen LogP contribution is -2.04. The third-order valence-corrected chi connectivity index (χ3v) is 3.81. The van der Waals surface area contributed by atoms with Crippen LogP contribution >= 0.6 is 0 Å². The Bertz CT molecular complexity index is 813. The molecule has 0 atom stereocenters. The molecule has 0 aliphatic rings. The number of aromatic nitrogens is 2. The molecule has 0 saturated heterocycles. The Morgan fingerprint density at radius 3 is 2.58 bits per heavy atom. The number of aryl methyl sites for hydroxylation is 1. The Morgan fingerprint density at radius 2 is 1.88 bits per heavy atom. The zero-order chi connectivity index (χ0) is 16.9. The van der Waals surface area contributed by atoms with Gasteiger partial charge in [-0.15, -0.1) is 0 Å². The topological polar surface area (TPSA) is 56.5 Å². The second kappa shape index (κ2) is 7.19. The Balaban J connectivity index is 1.77. The summed E-state index contributed by atoms with van der Waals surface area (Å²) in [6.07, 6.45) is 1.99. The number of aliphatic hydroxyl groups is 1. The van der Waals surface area contributed by atoms with E-state index >= 15 is 0 Å². The van der Waals surface area contributed by atoms with Gasteiger partial charge >= 0.3 is 0 Å². The van der Waals surface area contributed by atoms with E-state index in [4.69, 9.17) is 9.47 Å². The number of hydrogen-bond donors (Lipinski definition) is 1. The van der Waals surface area contributed by atoms with Crippen LogP contribution in [0.15, 0.2) is 54.7 Å². The first-order valence-corrected chi connectivity index (χ1v) is 7.69. The lowest BCUT2D eigenvalue weighted by molar-refractivity contribution is 0.268. The first-order chi connectivity index (χ1) is 11.7. The minimum atomic E-state index is -0.0313. The normalized spacial score (nSPS) is 10.6. The van der Waals surface area contributed by atoms with Crippen LogP contribution in [0.25, 0.3) is 11.3 Å². The van der Waals surface area contributed by atoms with Gasteiger partial charge in [-0.3, -0.25) is 0 Å². The summed E-state index contributed by atoms with van der Waals surface area (Å²) in [7, 11) is 3.53. The van der Waals surface area contributed by atoms with Gasteiger partial charge in [-0.05, 0) is 17.7 Å². The quantitative estimate of drug-likeness (QED) is 0.757. The molecular formula is C19H20N2O3. The molecule has 1 N–H and O–H groups in total. The SMILES string of the molecule is COc1cc(CO)ccc1OCc1nc(-c2ccccc2)cn1C. The van der Waals surface area contributed by atoms with Crippen molar-refractivity contribution in [2.45, 2.75) is 13.2 Å². The fourth-order valence-corrected chi connectivity index (χ4v) is 2.46. The van der Waals surface area contributed by atoms with Gasteiger partial charge in [0.2, 0.25) is 0 Å². The standard InChI is InChI=1S/C19H20N2O3/c1-21-11-16(15-6-4-3-5-7-15)20-19(21)13-24-17-9-8-14(12-22)10-18(17)23-2/h3-11,22H,12-13H2,1-2H3. The minimum absolute atomic E-state index is 0.0313. The van der Waals surface area contributed by atoms with Crippen LogP contribution in [-0.2, 0) is 20.3 Å². The van der Waals surface area contributed by atoms with Gasteiger partial charge in [0.1, 0.15) is 12.4 Å². The Hall–Kier alpha value is -2.79. The number of benzene rings is 2. The van der Waals surface area contributed by atoms with Crippen molar-refractivity contribution in [3.63, 3.8) is 0 Å². The highest BCUT2D eigenvalue weighted by Gasteiger charge is 2.10. The molecule has 1 heterocycles. The second-order valence-electron chi connectivity index (χ2n) is 5.45. The Morgan fingerprint density at radius 1 is 1.08 bits per heavy atom. The van der Waals surface area contributed by atoms with Crippen molar-refractivity contribution in [1.29, 1.82) is 0 Å².